The smallest absolute Gasteiger partial charge is 0.315 e. The molecule has 8 heteroatoms. The first kappa shape index (κ1) is 21.2. The van der Waals surface area contributed by atoms with E-state index in [9.17, 15) is 14.9 Å². The summed E-state index contributed by atoms with van der Waals surface area (Å²) >= 11 is 1.54. The predicted molar refractivity (Wildman–Crippen MR) is 114 cm³/mol. The zero-order valence-corrected chi connectivity index (χ0v) is 17.5. The Balaban J connectivity index is 1.65. The summed E-state index contributed by atoms with van der Waals surface area (Å²) in [6, 6.07) is 6.01. The van der Waals surface area contributed by atoms with Gasteiger partial charge in [-0.05, 0) is 37.2 Å². The van der Waals surface area contributed by atoms with Crippen LogP contribution in [0.3, 0.4) is 0 Å². The highest BCUT2D eigenvalue weighted by atomic mass is 32.1. The van der Waals surface area contributed by atoms with Gasteiger partial charge in [-0.25, -0.2) is 9.78 Å². The van der Waals surface area contributed by atoms with Crippen LogP contribution in [0.1, 0.15) is 61.3 Å². The van der Waals surface area contributed by atoms with Gasteiger partial charge in [0.1, 0.15) is 5.01 Å². The monoisotopic (exact) mass is 416 g/mol. The minimum atomic E-state index is -0.410. The number of carbonyl (C=O) groups is 1. The summed E-state index contributed by atoms with van der Waals surface area (Å²) in [5.74, 6) is 0.564. The van der Waals surface area contributed by atoms with E-state index in [0.29, 0.717) is 18.9 Å². The summed E-state index contributed by atoms with van der Waals surface area (Å²) in [6.07, 6.45) is 7.52. The zero-order chi connectivity index (χ0) is 20.6. The molecule has 2 N–H and O–H groups in total. The molecule has 7 nitrogen and oxygen atoms in total. The van der Waals surface area contributed by atoms with Gasteiger partial charge in [0.15, 0.2) is 0 Å². The summed E-state index contributed by atoms with van der Waals surface area (Å²) in [6.45, 7) is 2.75. The molecule has 1 aliphatic rings. The highest BCUT2D eigenvalue weighted by molar-refractivity contribution is 7.09. The normalized spacial score (nSPS) is 15.6. The molecule has 156 valence electrons. The average molecular weight is 417 g/mol. The van der Waals surface area contributed by atoms with Crippen LogP contribution in [0.2, 0.25) is 0 Å². The Morgan fingerprint density at radius 3 is 2.62 bits per heavy atom. The van der Waals surface area contributed by atoms with Gasteiger partial charge in [-0.2, -0.15) is 0 Å². The summed E-state index contributed by atoms with van der Waals surface area (Å²) in [4.78, 5) is 27.6. The van der Waals surface area contributed by atoms with Crippen LogP contribution in [0, 0.1) is 16.0 Å². The number of nitrogens with zero attached hydrogens (tertiary/aromatic N) is 2. The topological polar surface area (TPSA) is 97.2 Å². The molecule has 0 aliphatic heterocycles. The van der Waals surface area contributed by atoms with Gasteiger partial charge in [0.2, 0.25) is 0 Å². The van der Waals surface area contributed by atoms with Crippen molar-refractivity contribution in [2.75, 3.05) is 6.54 Å². The number of rotatable bonds is 8. The van der Waals surface area contributed by atoms with Gasteiger partial charge in [-0.15, -0.1) is 11.3 Å². The number of benzene rings is 1. The lowest BCUT2D eigenvalue weighted by Gasteiger charge is -2.23. The molecule has 3 rings (SSSR count). The maximum Gasteiger partial charge on any atom is 0.315 e. The van der Waals surface area contributed by atoms with Crippen molar-refractivity contribution >= 4 is 23.1 Å². The van der Waals surface area contributed by atoms with E-state index in [-0.39, 0.29) is 17.8 Å². The van der Waals surface area contributed by atoms with Crippen molar-refractivity contribution in [3.05, 3.63) is 56.0 Å². The number of nitro groups is 1. The molecule has 1 saturated carbocycles. The van der Waals surface area contributed by atoms with Crippen LogP contribution in [-0.4, -0.2) is 22.5 Å². The molecule has 1 aromatic carbocycles. The van der Waals surface area contributed by atoms with Gasteiger partial charge in [0.05, 0.1) is 16.7 Å². The lowest BCUT2D eigenvalue weighted by Crippen LogP contribution is -2.41. The predicted octanol–water partition coefficient (Wildman–Crippen LogP) is 4.78. The van der Waals surface area contributed by atoms with Gasteiger partial charge in [-0.3, -0.25) is 10.1 Å². The highest BCUT2D eigenvalue weighted by Gasteiger charge is 2.20. The van der Waals surface area contributed by atoms with Gasteiger partial charge in [-0.1, -0.05) is 38.3 Å². The number of amides is 2. The highest BCUT2D eigenvalue weighted by Crippen LogP contribution is 2.25. The van der Waals surface area contributed by atoms with E-state index in [2.05, 4.69) is 22.5 Å². The van der Waals surface area contributed by atoms with E-state index in [1.165, 1.54) is 55.6 Å². The van der Waals surface area contributed by atoms with Crippen molar-refractivity contribution in [3.63, 3.8) is 0 Å². The molecular weight excluding hydrogens is 388 g/mol. The molecule has 1 aliphatic carbocycles. The quantitative estimate of drug-likeness (QED) is 0.478. The molecule has 1 aromatic heterocycles. The minimum Gasteiger partial charge on any atom is -0.338 e. The van der Waals surface area contributed by atoms with E-state index in [0.717, 1.165) is 22.7 Å². The van der Waals surface area contributed by atoms with Crippen molar-refractivity contribution < 1.29 is 9.72 Å². The molecule has 1 heterocycles. The lowest BCUT2D eigenvalue weighted by molar-refractivity contribution is -0.384. The second-order valence-electron chi connectivity index (χ2n) is 7.57. The number of hydrogen-bond acceptors (Lipinski definition) is 5. The molecule has 0 unspecified atom stereocenters. The third kappa shape index (κ3) is 6.25. The molecule has 1 atom stereocenters. The van der Waals surface area contributed by atoms with Crippen LogP contribution in [0.5, 0.6) is 0 Å². The van der Waals surface area contributed by atoms with Gasteiger partial charge >= 0.3 is 6.03 Å². The van der Waals surface area contributed by atoms with E-state index in [4.69, 9.17) is 0 Å². The minimum absolute atomic E-state index is 0.0611. The average Bonchev–Trinajstić information content (AvgIpc) is 3.22. The lowest BCUT2D eigenvalue weighted by atomic mass is 9.89. The van der Waals surface area contributed by atoms with E-state index < -0.39 is 4.92 Å². The fourth-order valence-corrected chi connectivity index (χ4v) is 4.62. The number of nitro benzene ring substituents is 1. The molecule has 0 saturated heterocycles. The van der Waals surface area contributed by atoms with Crippen LogP contribution in [-0.2, 0) is 12.8 Å². The van der Waals surface area contributed by atoms with Crippen LogP contribution in [0.4, 0.5) is 10.5 Å². The van der Waals surface area contributed by atoms with Crippen molar-refractivity contribution in [2.45, 2.75) is 57.9 Å². The van der Waals surface area contributed by atoms with Crippen LogP contribution >= 0.6 is 11.3 Å². The Kier molecular flexibility index (Phi) is 7.57. The molecule has 0 radical (unpaired) electrons. The SMILES string of the molecule is CCc1csc([C@H](Cc2ccc([N+](=O)[O-])cc2)NC(=O)NCC2CCCCC2)n1. The Morgan fingerprint density at radius 2 is 2.00 bits per heavy atom. The number of thiazole rings is 1. The van der Waals surface area contributed by atoms with Crippen LogP contribution in [0.15, 0.2) is 29.6 Å². The van der Waals surface area contributed by atoms with Crippen molar-refractivity contribution in [1.82, 2.24) is 15.6 Å². The fraction of sp³-hybridized carbons (Fsp3) is 0.524. The molecular formula is C21H28N4O3S. The van der Waals surface area contributed by atoms with Gasteiger partial charge in [0, 0.05) is 24.1 Å². The number of non-ortho nitro benzene ring substituents is 1. The summed E-state index contributed by atoms with van der Waals surface area (Å²) in [5, 5.41) is 19.8. The number of aryl methyl sites for hydroxylation is 1. The second-order valence-corrected chi connectivity index (χ2v) is 8.46. The van der Waals surface area contributed by atoms with E-state index in [1.54, 1.807) is 12.1 Å². The molecule has 2 amide bonds. The standard InChI is InChI=1S/C21H28N4O3S/c1-2-17-14-29-20(23-17)19(12-15-8-10-18(11-9-15)25(27)28)24-21(26)22-13-16-6-4-3-5-7-16/h8-11,14,16,19H,2-7,12-13H2,1H3,(H2,22,24,26)/t19-/m0/s1. The second kappa shape index (κ2) is 10.3. The third-order valence-electron chi connectivity index (χ3n) is 5.40. The van der Waals surface area contributed by atoms with Crippen molar-refractivity contribution in [2.24, 2.45) is 5.92 Å². The third-order valence-corrected chi connectivity index (χ3v) is 6.41. The Morgan fingerprint density at radius 1 is 1.28 bits per heavy atom. The Hall–Kier alpha value is -2.48. The van der Waals surface area contributed by atoms with E-state index >= 15 is 0 Å². The largest absolute Gasteiger partial charge is 0.338 e. The zero-order valence-electron chi connectivity index (χ0n) is 16.7. The Bertz CT molecular complexity index is 816. The Labute approximate surface area is 175 Å². The number of aromatic nitrogens is 1. The first-order valence-electron chi connectivity index (χ1n) is 10.3. The molecule has 0 bridgehead atoms. The number of nitrogens with one attached hydrogen (secondary N) is 2. The summed E-state index contributed by atoms with van der Waals surface area (Å²) in [5.41, 5.74) is 1.98. The maximum absolute atomic E-state index is 12.5. The molecule has 1 fully saturated rings. The van der Waals surface area contributed by atoms with Crippen LogP contribution < -0.4 is 10.6 Å². The van der Waals surface area contributed by atoms with Crippen LogP contribution in [0.25, 0.3) is 0 Å². The molecule has 0 spiro atoms. The maximum atomic E-state index is 12.5. The first-order chi connectivity index (χ1) is 14.0. The van der Waals surface area contributed by atoms with Crippen molar-refractivity contribution in [3.8, 4) is 0 Å². The summed E-state index contributed by atoms with van der Waals surface area (Å²) < 4.78 is 0. The van der Waals surface area contributed by atoms with Crippen molar-refractivity contribution in [1.29, 1.82) is 0 Å². The first-order valence-corrected chi connectivity index (χ1v) is 11.1. The van der Waals surface area contributed by atoms with Gasteiger partial charge < -0.3 is 10.6 Å². The number of carbonyl (C=O) groups excluding carboxylic acids is 1. The number of urea groups is 1. The number of hydrogen-bond donors (Lipinski definition) is 2. The van der Waals surface area contributed by atoms with Gasteiger partial charge in [0.25, 0.3) is 5.69 Å². The fourth-order valence-electron chi connectivity index (χ4n) is 3.67. The summed E-state index contributed by atoms with van der Waals surface area (Å²) in [7, 11) is 0. The molecule has 2 aromatic rings. The molecule has 29 heavy (non-hydrogen) atoms. The van der Waals surface area contributed by atoms with E-state index in [1.807, 2.05) is 5.38 Å².